The molecule has 1 aromatic heterocycles. The highest BCUT2D eigenvalue weighted by atomic mass is 19.1. The van der Waals surface area contributed by atoms with Gasteiger partial charge in [0.15, 0.2) is 0 Å². The van der Waals surface area contributed by atoms with Crippen LogP contribution in [0.4, 0.5) is 15.8 Å². The second-order valence-corrected chi connectivity index (χ2v) is 3.65. The first-order chi connectivity index (χ1) is 8.68. The number of anilines is 1. The number of hydrogen-bond acceptors (Lipinski definition) is 4. The lowest BCUT2D eigenvalue weighted by Crippen LogP contribution is -2.07. The molecule has 0 amide bonds. The van der Waals surface area contributed by atoms with Gasteiger partial charge in [0.05, 0.1) is 11.2 Å². The number of furan rings is 1. The molecule has 0 aliphatic rings. The summed E-state index contributed by atoms with van der Waals surface area (Å²) in [5.74, 6) is -0.0791. The zero-order chi connectivity index (χ0) is 13.0. The standard InChI is InChI=1S/C12H11FN2O3/c13-10-4-1-5-11(12(10)15(16)17)14-7-6-9-3-2-8-18-9/h1-5,8,14H,6-7H2. The summed E-state index contributed by atoms with van der Waals surface area (Å²) in [7, 11) is 0. The molecule has 18 heavy (non-hydrogen) atoms. The van der Waals surface area contributed by atoms with Gasteiger partial charge >= 0.3 is 5.69 Å². The Morgan fingerprint density at radius 1 is 1.33 bits per heavy atom. The lowest BCUT2D eigenvalue weighted by atomic mass is 10.2. The van der Waals surface area contributed by atoms with Gasteiger partial charge in [-0.1, -0.05) is 6.07 Å². The molecular formula is C12H11FN2O3. The lowest BCUT2D eigenvalue weighted by Gasteiger charge is -2.06. The summed E-state index contributed by atoms with van der Waals surface area (Å²) >= 11 is 0. The number of para-hydroxylation sites is 1. The Morgan fingerprint density at radius 2 is 2.17 bits per heavy atom. The monoisotopic (exact) mass is 250 g/mol. The first-order valence-corrected chi connectivity index (χ1v) is 5.37. The van der Waals surface area contributed by atoms with Crippen LogP contribution in [0.3, 0.4) is 0 Å². The molecule has 94 valence electrons. The summed E-state index contributed by atoms with van der Waals surface area (Å²) in [6.45, 7) is 0.428. The molecule has 2 rings (SSSR count). The van der Waals surface area contributed by atoms with E-state index < -0.39 is 16.4 Å². The van der Waals surface area contributed by atoms with E-state index in [1.165, 1.54) is 12.1 Å². The summed E-state index contributed by atoms with van der Waals surface area (Å²) in [5.41, 5.74) is -0.358. The van der Waals surface area contributed by atoms with Gasteiger partial charge in [-0.3, -0.25) is 10.1 Å². The summed E-state index contributed by atoms with van der Waals surface area (Å²) < 4.78 is 18.4. The minimum Gasteiger partial charge on any atom is -0.469 e. The van der Waals surface area contributed by atoms with Crippen LogP contribution in [0.15, 0.2) is 41.0 Å². The smallest absolute Gasteiger partial charge is 0.327 e. The fourth-order valence-corrected chi connectivity index (χ4v) is 1.62. The average Bonchev–Trinajstić information content (AvgIpc) is 2.81. The second-order valence-electron chi connectivity index (χ2n) is 3.65. The normalized spacial score (nSPS) is 10.3. The van der Waals surface area contributed by atoms with E-state index in [-0.39, 0.29) is 5.69 Å². The van der Waals surface area contributed by atoms with E-state index in [1.54, 1.807) is 12.3 Å². The molecule has 1 aromatic carbocycles. The first kappa shape index (κ1) is 12.1. The zero-order valence-electron chi connectivity index (χ0n) is 9.43. The third kappa shape index (κ3) is 2.65. The molecule has 0 atom stereocenters. The second kappa shape index (κ2) is 5.31. The zero-order valence-corrected chi connectivity index (χ0v) is 9.43. The summed E-state index contributed by atoms with van der Waals surface area (Å²) in [4.78, 5) is 10.0. The maximum absolute atomic E-state index is 13.3. The van der Waals surface area contributed by atoms with Gasteiger partial charge in [-0.2, -0.15) is 4.39 Å². The number of nitrogens with zero attached hydrogens (tertiary/aromatic N) is 1. The van der Waals surface area contributed by atoms with Gasteiger partial charge in [0.25, 0.3) is 0 Å². The predicted molar refractivity (Wildman–Crippen MR) is 64.0 cm³/mol. The Hall–Kier alpha value is -2.37. The Labute approximate surface area is 102 Å². The van der Waals surface area contributed by atoms with E-state index in [9.17, 15) is 14.5 Å². The first-order valence-electron chi connectivity index (χ1n) is 5.37. The molecule has 0 saturated heterocycles. The van der Waals surface area contributed by atoms with Gasteiger partial charge in [0.1, 0.15) is 11.4 Å². The van der Waals surface area contributed by atoms with Crippen molar-refractivity contribution < 1.29 is 13.7 Å². The van der Waals surface area contributed by atoms with Crippen LogP contribution in [-0.2, 0) is 6.42 Å². The molecule has 0 fully saturated rings. The van der Waals surface area contributed by atoms with Crippen molar-refractivity contribution in [3.05, 3.63) is 58.3 Å². The van der Waals surface area contributed by atoms with Crippen LogP contribution in [-0.4, -0.2) is 11.5 Å². The van der Waals surface area contributed by atoms with E-state index in [0.29, 0.717) is 13.0 Å². The highest BCUT2D eigenvalue weighted by Crippen LogP contribution is 2.26. The van der Waals surface area contributed by atoms with E-state index >= 15 is 0 Å². The van der Waals surface area contributed by atoms with Gasteiger partial charge in [0.2, 0.25) is 5.82 Å². The quantitative estimate of drug-likeness (QED) is 0.654. The highest BCUT2D eigenvalue weighted by molar-refractivity contribution is 5.61. The van der Waals surface area contributed by atoms with Crippen molar-refractivity contribution in [3.8, 4) is 0 Å². The molecule has 5 nitrogen and oxygen atoms in total. The number of nitro benzene ring substituents is 1. The van der Waals surface area contributed by atoms with Crippen molar-refractivity contribution in [2.24, 2.45) is 0 Å². The molecule has 6 heteroatoms. The number of benzene rings is 1. The predicted octanol–water partition coefficient (Wildman–Crippen LogP) is 2.98. The van der Waals surface area contributed by atoms with E-state index in [2.05, 4.69) is 5.32 Å². The largest absolute Gasteiger partial charge is 0.469 e. The van der Waals surface area contributed by atoms with Gasteiger partial charge in [0, 0.05) is 13.0 Å². The Kier molecular flexibility index (Phi) is 3.57. The molecule has 1 N–H and O–H groups in total. The third-order valence-electron chi connectivity index (χ3n) is 2.44. The molecular weight excluding hydrogens is 239 g/mol. The van der Waals surface area contributed by atoms with Crippen LogP contribution in [0.25, 0.3) is 0 Å². The number of nitro groups is 1. The summed E-state index contributed by atoms with van der Waals surface area (Å²) in [5, 5.41) is 13.6. The minimum atomic E-state index is -0.844. The molecule has 0 aliphatic heterocycles. The average molecular weight is 250 g/mol. The van der Waals surface area contributed by atoms with Crippen molar-refractivity contribution in [3.63, 3.8) is 0 Å². The van der Waals surface area contributed by atoms with E-state index in [1.807, 2.05) is 6.07 Å². The van der Waals surface area contributed by atoms with Crippen molar-refractivity contribution in [1.29, 1.82) is 0 Å². The van der Waals surface area contributed by atoms with Crippen LogP contribution >= 0.6 is 0 Å². The van der Waals surface area contributed by atoms with Crippen LogP contribution < -0.4 is 5.32 Å². The van der Waals surface area contributed by atoms with Crippen LogP contribution in [0.2, 0.25) is 0 Å². The Balaban J connectivity index is 2.05. The topological polar surface area (TPSA) is 68.3 Å². The fraction of sp³-hybridized carbons (Fsp3) is 0.167. The van der Waals surface area contributed by atoms with E-state index in [0.717, 1.165) is 11.8 Å². The van der Waals surface area contributed by atoms with Crippen LogP contribution in [0.1, 0.15) is 5.76 Å². The lowest BCUT2D eigenvalue weighted by molar-refractivity contribution is -0.386. The minimum absolute atomic E-state index is 0.173. The third-order valence-corrected chi connectivity index (χ3v) is 2.44. The number of halogens is 1. The van der Waals surface area contributed by atoms with Crippen molar-refractivity contribution >= 4 is 11.4 Å². The highest BCUT2D eigenvalue weighted by Gasteiger charge is 2.19. The molecule has 0 bridgehead atoms. The molecule has 2 aromatic rings. The van der Waals surface area contributed by atoms with Gasteiger partial charge in [-0.05, 0) is 24.3 Å². The number of nitrogens with one attached hydrogen (secondary N) is 1. The maximum Gasteiger partial charge on any atom is 0.327 e. The number of rotatable bonds is 5. The van der Waals surface area contributed by atoms with Crippen molar-refractivity contribution in [1.82, 2.24) is 0 Å². The molecule has 0 radical (unpaired) electrons. The van der Waals surface area contributed by atoms with Gasteiger partial charge < -0.3 is 9.73 Å². The van der Waals surface area contributed by atoms with Crippen molar-refractivity contribution in [2.75, 3.05) is 11.9 Å². The summed E-state index contributed by atoms with van der Waals surface area (Å²) in [6.07, 6.45) is 2.13. The van der Waals surface area contributed by atoms with Gasteiger partial charge in [-0.15, -0.1) is 0 Å². The van der Waals surface area contributed by atoms with Crippen LogP contribution in [0, 0.1) is 15.9 Å². The van der Waals surface area contributed by atoms with Gasteiger partial charge in [-0.25, -0.2) is 0 Å². The van der Waals surface area contributed by atoms with E-state index in [4.69, 9.17) is 4.42 Å². The molecule has 0 saturated carbocycles. The Bertz CT molecular complexity index is 540. The molecule has 0 spiro atoms. The molecule has 0 unspecified atom stereocenters. The molecule has 0 aliphatic carbocycles. The van der Waals surface area contributed by atoms with Crippen LogP contribution in [0.5, 0.6) is 0 Å². The maximum atomic E-state index is 13.3. The number of hydrogen-bond donors (Lipinski definition) is 1. The summed E-state index contributed by atoms with van der Waals surface area (Å²) in [6, 6.07) is 7.54. The SMILES string of the molecule is O=[N+]([O-])c1c(F)cccc1NCCc1ccco1. The van der Waals surface area contributed by atoms with Crippen molar-refractivity contribution in [2.45, 2.75) is 6.42 Å². The molecule has 1 heterocycles. The fourth-order valence-electron chi connectivity index (χ4n) is 1.62. The Morgan fingerprint density at radius 3 is 2.83 bits per heavy atom.